The fraction of sp³-hybridized carbons (Fsp3) is 0.684. The maximum absolute atomic E-state index is 9.40. The molecule has 1 fully saturated rings. The third-order valence-electron chi connectivity index (χ3n) is 4.76. The van der Waals surface area contributed by atoms with Crippen molar-refractivity contribution in [1.82, 2.24) is 9.80 Å². The van der Waals surface area contributed by atoms with E-state index in [0.29, 0.717) is 25.2 Å². The number of rotatable bonds is 6. The molecule has 0 spiro atoms. The number of hydrogen-bond acceptors (Lipinski definition) is 5. The molecule has 1 atom stereocenters. The fourth-order valence-corrected chi connectivity index (χ4v) is 3.68. The highest BCUT2D eigenvalue weighted by Gasteiger charge is 2.27. The van der Waals surface area contributed by atoms with Crippen LogP contribution in [0, 0.1) is 5.92 Å². The highest BCUT2D eigenvalue weighted by atomic mass is 16.6. The van der Waals surface area contributed by atoms with Crippen molar-refractivity contribution in [2.45, 2.75) is 32.9 Å². The van der Waals surface area contributed by atoms with E-state index in [-0.39, 0.29) is 6.61 Å². The summed E-state index contributed by atoms with van der Waals surface area (Å²) in [6.45, 7) is 11.2. The van der Waals surface area contributed by atoms with Crippen LogP contribution in [0.15, 0.2) is 18.2 Å². The summed E-state index contributed by atoms with van der Waals surface area (Å²) in [5.41, 5.74) is 1.26. The van der Waals surface area contributed by atoms with Crippen molar-refractivity contribution < 1.29 is 14.6 Å². The number of benzene rings is 1. The minimum absolute atomic E-state index is 0.261. The highest BCUT2D eigenvalue weighted by Crippen LogP contribution is 2.31. The zero-order valence-electron chi connectivity index (χ0n) is 14.9. The van der Waals surface area contributed by atoms with Gasteiger partial charge in [-0.15, -0.1) is 0 Å². The first-order valence-electron chi connectivity index (χ1n) is 9.11. The van der Waals surface area contributed by atoms with Crippen LogP contribution in [0.5, 0.6) is 11.5 Å². The molecule has 2 aliphatic heterocycles. The van der Waals surface area contributed by atoms with Crippen molar-refractivity contribution in [1.29, 1.82) is 0 Å². The van der Waals surface area contributed by atoms with Gasteiger partial charge in [0, 0.05) is 45.4 Å². The van der Waals surface area contributed by atoms with Gasteiger partial charge in [0.1, 0.15) is 13.2 Å². The Morgan fingerprint density at radius 1 is 1.17 bits per heavy atom. The molecule has 0 unspecified atom stereocenters. The van der Waals surface area contributed by atoms with Gasteiger partial charge in [0.05, 0.1) is 0 Å². The second kappa shape index (κ2) is 8.19. The Balaban J connectivity index is 1.61. The zero-order chi connectivity index (χ0) is 16.9. The van der Waals surface area contributed by atoms with E-state index in [1.54, 1.807) is 0 Å². The van der Waals surface area contributed by atoms with E-state index in [1.807, 2.05) is 6.07 Å². The molecule has 3 rings (SSSR count). The number of aliphatic hydroxyl groups excluding tert-OH is 1. The summed E-state index contributed by atoms with van der Waals surface area (Å²) in [4.78, 5) is 5.03. The van der Waals surface area contributed by atoms with Crippen molar-refractivity contribution in [3.05, 3.63) is 23.8 Å². The SMILES string of the molecule is CC(C)CN1CCN(Cc2ccc3c(c2)OCCO3)C[C@H]1CCO. The first-order valence-corrected chi connectivity index (χ1v) is 9.11. The molecule has 24 heavy (non-hydrogen) atoms. The molecule has 1 aromatic rings. The lowest BCUT2D eigenvalue weighted by Gasteiger charge is -2.42. The fourth-order valence-electron chi connectivity index (χ4n) is 3.68. The van der Waals surface area contributed by atoms with Gasteiger partial charge < -0.3 is 14.6 Å². The van der Waals surface area contributed by atoms with Crippen LogP contribution in [-0.4, -0.2) is 66.9 Å². The number of aliphatic hydroxyl groups is 1. The Labute approximate surface area is 145 Å². The summed E-state index contributed by atoms with van der Waals surface area (Å²) in [7, 11) is 0. The Morgan fingerprint density at radius 2 is 1.96 bits per heavy atom. The number of fused-ring (bicyclic) bond motifs is 1. The molecule has 0 radical (unpaired) electrons. The van der Waals surface area contributed by atoms with Gasteiger partial charge in [-0.1, -0.05) is 19.9 Å². The molecular weight excluding hydrogens is 304 g/mol. The maximum Gasteiger partial charge on any atom is 0.161 e. The van der Waals surface area contributed by atoms with E-state index in [9.17, 15) is 5.11 Å². The lowest BCUT2D eigenvalue weighted by molar-refractivity contribution is 0.0476. The van der Waals surface area contributed by atoms with Gasteiger partial charge in [-0.05, 0) is 30.0 Å². The van der Waals surface area contributed by atoms with Gasteiger partial charge in [0.2, 0.25) is 0 Å². The molecule has 2 aliphatic rings. The second-order valence-electron chi connectivity index (χ2n) is 7.27. The average Bonchev–Trinajstić information content (AvgIpc) is 2.57. The molecule has 0 bridgehead atoms. The van der Waals surface area contributed by atoms with Crippen LogP contribution in [0.4, 0.5) is 0 Å². The number of piperazine rings is 1. The Kier molecular flexibility index (Phi) is 5.98. The van der Waals surface area contributed by atoms with Gasteiger partial charge in [0.15, 0.2) is 11.5 Å². The van der Waals surface area contributed by atoms with Crippen LogP contribution in [0.3, 0.4) is 0 Å². The maximum atomic E-state index is 9.40. The Morgan fingerprint density at radius 3 is 2.71 bits per heavy atom. The van der Waals surface area contributed by atoms with Crippen molar-refractivity contribution in [2.75, 3.05) is 46.0 Å². The van der Waals surface area contributed by atoms with Crippen LogP contribution in [0.25, 0.3) is 0 Å². The quantitative estimate of drug-likeness (QED) is 0.862. The Hall–Kier alpha value is -1.30. The second-order valence-corrected chi connectivity index (χ2v) is 7.27. The molecule has 0 aromatic heterocycles. The van der Waals surface area contributed by atoms with E-state index in [2.05, 4.69) is 35.8 Å². The molecule has 0 saturated carbocycles. The van der Waals surface area contributed by atoms with Crippen molar-refractivity contribution in [2.24, 2.45) is 5.92 Å². The first-order chi connectivity index (χ1) is 11.7. The normalized spacial score (nSPS) is 22.1. The van der Waals surface area contributed by atoms with Crippen molar-refractivity contribution in [3.8, 4) is 11.5 Å². The van der Waals surface area contributed by atoms with E-state index >= 15 is 0 Å². The molecule has 2 heterocycles. The zero-order valence-corrected chi connectivity index (χ0v) is 14.9. The van der Waals surface area contributed by atoms with E-state index in [4.69, 9.17) is 9.47 Å². The van der Waals surface area contributed by atoms with Crippen LogP contribution >= 0.6 is 0 Å². The largest absolute Gasteiger partial charge is 0.486 e. The Bertz CT molecular complexity index is 535. The topological polar surface area (TPSA) is 45.2 Å². The molecule has 1 saturated heterocycles. The predicted octanol–water partition coefficient (Wildman–Crippen LogP) is 1.98. The first kappa shape index (κ1) is 17.5. The van der Waals surface area contributed by atoms with Gasteiger partial charge in [-0.2, -0.15) is 0 Å². The van der Waals surface area contributed by atoms with Crippen molar-refractivity contribution in [3.63, 3.8) is 0 Å². The summed E-state index contributed by atoms with van der Waals surface area (Å²) in [5, 5.41) is 9.40. The standard InChI is InChI=1S/C19H30N2O3/c1-15(2)12-21-7-6-20(14-17(21)5-8-22)13-16-3-4-18-19(11-16)24-10-9-23-18/h3-4,11,15,17,22H,5-10,12-14H2,1-2H3/t17-/m1/s1. The summed E-state index contributed by atoms with van der Waals surface area (Å²) >= 11 is 0. The third-order valence-corrected chi connectivity index (χ3v) is 4.76. The molecular formula is C19H30N2O3. The molecule has 5 nitrogen and oxygen atoms in total. The van der Waals surface area contributed by atoms with E-state index < -0.39 is 0 Å². The molecule has 134 valence electrons. The predicted molar refractivity (Wildman–Crippen MR) is 94.6 cm³/mol. The summed E-state index contributed by atoms with van der Waals surface area (Å²) < 4.78 is 11.3. The lowest BCUT2D eigenvalue weighted by Crippen LogP contribution is -2.53. The molecule has 5 heteroatoms. The van der Waals surface area contributed by atoms with Crippen LogP contribution in [-0.2, 0) is 6.54 Å². The number of hydrogen-bond donors (Lipinski definition) is 1. The van der Waals surface area contributed by atoms with E-state index in [0.717, 1.165) is 50.6 Å². The lowest BCUT2D eigenvalue weighted by atomic mass is 10.1. The minimum Gasteiger partial charge on any atom is -0.486 e. The summed E-state index contributed by atoms with van der Waals surface area (Å²) in [6, 6.07) is 6.71. The smallest absolute Gasteiger partial charge is 0.161 e. The van der Waals surface area contributed by atoms with E-state index in [1.165, 1.54) is 5.56 Å². The van der Waals surface area contributed by atoms with Crippen LogP contribution in [0.2, 0.25) is 0 Å². The highest BCUT2D eigenvalue weighted by molar-refractivity contribution is 5.43. The van der Waals surface area contributed by atoms with Crippen LogP contribution in [0.1, 0.15) is 25.8 Å². The molecule has 0 aliphatic carbocycles. The monoisotopic (exact) mass is 334 g/mol. The van der Waals surface area contributed by atoms with Gasteiger partial charge in [-0.3, -0.25) is 9.80 Å². The minimum atomic E-state index is 0.261. The molecule has 0 amide bonds. The summed E-state index contributed by atoms with van der Waals surface area (Å²) in [5.74, 6) is 2.38. The number of ether oxygens (including phenoxy) is 2. The number of nitrogens with zero attached hydrogens (tertiary/aromatic N) is 2. The van der Waals surface area contributed by atoms with Crippen LogP contribution < -0.4 is 9.47 Å². The van der Waals surface area contributed by atoms with Gasteiger partial charge >= 0.3 is 0 Å². The third kappa shape index (κ3) is 4.41. The molecule has 1 N–H and O–H groups in total. The summed E-state index contributed by atoms with van der Waals surface area (Å²) in [6.07, 6.45) is 0.852. The molecule has 1 aromatic carbocycles. The van der Waals surface area contributed by atoms with Crippen molar-refractivity contribution >= 4 is 0 Å². The van der Waals surface area contributed by atoms with Gasteiger partial charge in [0.25, 0.3) is 0 Å². The average molecular weight is 334 g/mol. The van der Waals surface area contributed by atoms with Gasteiger partial charge in [-0.25, -0.2) is 0 Å².